The highest BCUT2D eigenvalue weighted by atomic mass is 35.5. The number of hydrogen-bond acceptors (Lipinski definition) is 3. The topological polar surface area (TPSA) is 55.4 Å². The molecular weight excluding hydrogens is 322 g/mol. The van der Waals surface area contributed by atoms with Crippen LogP contribution in [0.1, 0.15) is 17.5 Å². The molecule has 1 aliphatic carbocycles. The van der Waals surface area contributed by atoms with Crippen LogP contribution in [0.25, 0.3) is 0 Å². The second-order valence-electron chi connectivity index (χ2n) is 5.21. The maximum atomic E-state index is 11.8. The molecule has 0 radical (unpaired) electrons. The molecule has 2 aromatic rings. The molecule has 22 heavy (non-hydrogen) atoms. The van der Waals surface area contributed by atoms with Crippen molar-refractivity contribution in [2.75, 3.05) is 9.93 Å². The van der Waals surface area contributed by atoms with E-state index in [-0.39, 0.29) is 0 Å². The molecule has 0 spiro atoms. The number of nitrogens with one attached hydrogen (secondary N) is 1. The van der Waals surface area contributed by atoms with Gasteiger partial charge in [0.15, 0.2) is 5.75 Å². The third-order valence-corrected chi connectivity index (χ3v) is 5.25. The van der Waals surface area contributed by atoms with Gasteiger partial charge >= 0.3 is 0 Å². The number of anilines is 1. The number of halogens is 1. The molecule has 1 N–H and O–H groups in total. The van der Waals surface area contributed by atoms with Crippen molar-refractivity contribution in [3.8, 4) is 11.5 Å². The van der Waals surface area contributed by atoms with Gasteiger partial charge in [0.2, 0.25) is 10.0 Å². The fourth-order valence-electron chi connectivity index (χ4n) is 2.58. The quantitative estimate of drug-likeness (QED) is 0.842. The Morgan fingerprint density at radius 3 is 2.45 bits per heavy atom. The number of alkyl halides is 1. The summed E-state index contributed by atoms with van der Waals surface area (Å²) in [6, 6.07) is 13.1. The average molecular weight is 338 g/mol. The van der Waals surface area contributed by atoms with E-state index < -0.39 is 15.2 Å². The minimum absolute atomic E-state index is 0.435. The molecule has 0 saturated carbocycles. The standard InChI is InChI=1S/C16H16ClNO3S/c17-11-22(19,20)18-15-9-12-5-4-6-13(12)10-16(15)21-14-7-2-1-3-8-14/h1-3,7-10,18H,4-6,11H2. The minimum Gasteiger partial charge on any atom is -0.455 e. The summed E-state index contributed by atoms with van der Waals surface area (Å²) in [5, 5.41) is -0.491. The highest BCUT2D eigenvalue weighted by Gasteiger charge is 2.19. The summed E-state index contributed by atoms with van der Waals surface area (Å²) in [5.74, 6) is 1.16. The maximum absolute atomic E-state index is 11.8. The fourth-order valence-corrected chi connectivity index (χ4v) is 3.29. The second kappa shape index (κ2) is 6.18. The zero-order chi connectivity index (χ0) is 15.6. The molecule has 3 rings (SSSR count). The van der Waals surface area contributed by atoms with Gasteiger partial charge < -0.3 is 4.74 Å². The molecule has 116 valence electrons. The Morgan fingerprint density at radius 1 is 1.09 bits per heavy atom. The van der Waals surface area contributed by atoms with Crippen LogP contribution in [-0.4, -0.2) is 13.6 Å². The first kappa shape index (κ1) is 15.2. The van der Waals surface area contributed by atoms with Crippen molar-refractivity contribution in [3.63, 3.8) is 0 Å². The normalized spacial score (nSPS) is 13.7. The summed E-state index contributed by atoms with van der Waals surface area (Å²) < 4.78 is 31.9. The molecule has 0 fully saturated rings. The van der Waals surface area contributed by atoms with Crippen molar-refractivity contribution >= 4 is 27.3 Å². The molecule has 0 unspecified atom stereocenters. The van der Waals surface area contributed by atoms with Gasteiger partial charge in [-0.1, -0.05) is 18.2 Å². The van der Waals surface area contributed by atoms with Crippen LogP contribution in [0.2, 0.25) is 0 Å². The lowest BCUT2D eigenvalue weighted by molar-refractivity contribution is 0.484. The Balaban J connectivity index is 1.99. The molecule has 0 bridgehead atoms. The van der Waals surface area contributed by atoms with Crippen molar-refractivity contribution in [2.24, 2.45) is 0 Å². The van der Waals surface area contributed by atoms with Gasteiger partial charge in [-0.3, -0.25) is 4.72 Å². The number of aryl methyl sites for hydroxylation is 2. The molecule has 0 aliphatic heterocycles. The summed E-state index contributed by atoms with van der Waals surface area (Å²) in [5.41, 5.74) is 2.80. The Morgan fingerprint density at radius 2 is 1.77 bits per heavy atom. The number of fused-ring (bicyclic) bond motifs is 1. The van der Waals surface area contributed by atoms with E-state index in [1.807, 2.05) is 42.5 Å². The van der Waals surface area contributed by atoms with E-state index in [9.17, 15) is 8.42 Å². The molecular formula is C16H16ClNO3S. The molecule has 0 amide bonds. The summed E-state index contributed by atoms with van der Waals surface area (Å²) in [6.07, 6.45) is 3.02. The predicted molar refractivity (Wildman–Crippen MR) is 88.2 cm³/mol. The van der Waals surface area contributed by atoms with E-state index in [2.05, 4.69) is 4.72 Å². The number of para-hydroxylation sites is 1. The lowest BCUT2D eigenvalue weighted by Gasteiger charge is -2.15. The van der Waals surface area contributed by atoms with Gasteiger partial charge in [0.25, 0.3) is 0 Å². The van der Waals surface area contributed by atoms with Crippen LogP contribution < -0.4 is 9.46 Å². The van der Waals surface area contributed by atoms with Gasteiger partial charge in [-0.15, -0.1) is 11.6 Å². The Bertz CT molecular complexity index is 775. The first-order valence-corrected chi connectivity index (χ1v) is 9.21. The SMILES string of the molecule is O=S(=O)(CCl)Nc1cc2c(cc1Oc1ccccc1)CCC2. The maximum Gasteiger partial charge on any atom is 0.246 e. The molecule has 1 aliphatic rings. The van der Waals surface area contributed by atoms with Gasteiger partial charge in [-0.2, -0.15) is 0 Å². The Kier molecular flexibility index (Phi) is 4.27. The molecule has 0 aromatic heterocycles. The van der Waals surface area contributed by atoms with Gasteiger partial charge in [-0.25, -0.2) is 8.42 Å². The smallest absolute Gasteiger partial charge is 0.246 e. The lowest BCUT2D eigenvalue weighted by atomic mass is 10.1. The van der Waals surface area contributed by atoms with Gasteiger partial charge in [0, 0.05) is 0 Å². The van der Waals surface area contributed by atoms with Crippen LogP contribution in [0.5, 0.6) is 11.5 Å². The fraction of sp³-hybridized carbons (Fsp3) is 0.250. The average Bonchev–Trinajstić information content (AvgIpc) is 2.95. The van der Waals surface area contributed by atoms with E-state index in [4.69, 9.17) is 16.3 Å². The molecule has 0 saturated heterocycles. The monoisotopic (exact) mass is 337 g/mol. The van der Waals surface area contributed by atoms with E-state index in [0.717, 1.165) is 24.8 Å². The number of benzene rings is 2. The number of rotatable bonds is 5. The second-order valence-corrected chi connectivity index (χ2v) is 7.52. The number of ether oxygens (including phenoxy) is 1. The zero-order valence-corrected chi connectivity index (χ0v) is 13.5. The van der Waals surface area contributed by atoms with Crippen molar-refractivity contribution in [3.05, 3.63) is 53.6 Å². The van der Waals surface area contributed by atoms with Gasteiger partial charge in [0.05, 0.1) is 5.69 Å². The van der Waals surface area contributed by atoms with Gasteiger partial charge in [-0.05, 0) is 54.7 Å². The lowest BCUT2D eigenvalue weighted by Crippen LogP contribution is -2.14. The summed E-state index contributed by atoms with van der Waals surface area (Å²) >= 11 is 5.48. The zero-order valence-electron chi connectivity index (χ0n) is 11.9. The Hall–Kier alpha value is -1.72. The third kappa shape index (κ3) is 3.36. The molecule has 6 heteroatoms. The first-order valence-electron chi connectivity index (χ1n) is 7.02. The van der Waals surface area contributed by atoms with Gasteiger partial charge in [0.1, 0.15) is 11.0 Å². The van der Waals surface area contributed by atoms with Crippen LogP contribution in [0.15, 0.2) is 42.5 Å². The van der Waals surface area contributed by atoms with Crippen molar-refractivity contribution < 1.29 is 13.2 Å². The summed E-state index contributed by atoms with van der Waals surface area (Å²) in [7, 11) is -3.57. The minimum atomic E-state index is -3.57. The third-order valence-electron chi connectivity index (χ3n) is 3.57. The van der Waals surface area contributed by atoms with Crippen molar-refractivity contribution in [1.82, 2.24) is 0 Å². The number of hydrogen-bond donors (Lipinski definition) is 1. The van der Waals surface area contributed by atoms with E-state index >= 15 is 0 Å². The molecule has 0 atom stereocenters. The number of sulfonamides is 1. The van der Waals surface area contributed by atoms with Crippen LogP contribution in [0, 0.1) is 0 Å². The van der Waals surface area contributed by atoms with Crippen LogP contribution in [0.4, 0.5) is 5.69 Å². The van der Waals surface area contributed by atoms with E-state index in [1.165, 1.54) is 5.56 Å². The van der Waals surface area contributed by atoms with Crippen LogP contribution in [0.3, 0.4) is 0 Å². The van der Waals surface area contributed by atoms with Crippen molar-refractivity contribution in [1.29, 1.82) is 0 Å². The first-order chi connectivity index (χ1) is 10.6. The van der Waals surface area contributed by atoms with E-state index in [0.29, 0.717) is 17.2 Å². The molecule has 4 nitrogen and oxygen atoms in total. The Labute approximate surface area is 135 Å². The summed E-state index contributed by atoms with van der Waals surface area (Å²) in [4.78, 5) is 0. The summed E-state index contributed by atoms with van der Waals surface area (Å²) in [6.45, 7) is 0. The highest BCUT2D eigenvalue weighted by molar-refractivity contribution is 7.93. The predicted octanol–water partition coefficient (Wildman–Crippen LogP) is 3.91. The largest absolute Gasteiger partial charge is 0.455 e. The van der Waals surface area contributed by atoms with Crippen LogP contribution >= 0.6 is 11.6 Å². The van der Waals surface area contributed by atoms with Crippen molar-refractivity contribution in [2.45, 2.75) is 19.3 Å². The highest BCUT2D eigenvalue weighted by Crippen LogP contribution is 2.36. The van der Waals surface area contributed by atoms with E-state index in [1.54, 1.807) is 0 Å². The molecule has 0 heterocycles. The van der Waals surface area contributed by atoms with Crippen LogP contribution in [-0.2, 0) is 22.9 Å². The molecule has 2 aromatic carbocycles.